The molecule has 2 rings (SSSR count). The van der Waals surface area contributed by atoms with Crippen LogP contribution in [-0.2, 0) is 14.8 Å². The molecule has 28 heavy (non-hydrogen) atoms. The van der Waals surface area contributed by atoms with Gasteiger partial charge in [-0.15, -0.1) is 0 Å². The zero-order valence-electron chi connectivity index (χ0n) is 16.5. The van der Waals surface area contributed by atoms with Gasteiger partial charge in [0.15, 0.2) is 0 Å². The second-order valence-corrected chi connectivity index (χ2v) is 8.37. The number of nitrogens with one attached hydrogen (secondary N) is 1. The molecule has 150 valence electrons. The van der Waals surface area contributed by atoms with Crippen LogP contribution in [0.15, 0.2) is 47.4 Å². The summed E-state index contributed by atoms with van der Waals surface area (Å²) < 4.78 is 36.3. The maximum absolute atomic E-state index is 12.4. The lowest BCUT2D eigenvalue weighted by Crippen LogP contribution is -2.22. The Bertz CT molecular complexity index is 998. The first-order valence-corrected chi connectivity index (χ1v) is 9.87. The second-order valence-electron chi connectivity index (χ2n) is 6.22. The van der Waals surface area contributed by atoms with Gasteiger partial charge in [-0.3, -0.25) is 4.79 Å². The number of aryl methyl sites for hydroxylation is 1. The van der Waals surface area contributed by atoms with E-state index in [4.69, 9.17) is 9.47 Å². The van der Waals surface area contributed by atoms with Crippen molar-refractivity contribution >= 4 is 27.7 Å². The molecule has 0 aliphatic rings. The number of methoxy groups -OCH3 is 2. The Kier molecular flexibility index (Phi) is 6.82. The van der Waals surface area contributed by atoms with Crippen molar-refractivity contribution in [2.24, 2.45) is 0 Å². The fourth-order valence-electron chi connectivity index (χ4n) is 2.48. The molecule has 0 spiro atoms. The Morgan fingerprint density at radius 3 is 2.29 bits per heavy atom. The molecular formula is C20H24N2O5S. The van der Waals surface area contributed by atoms with Crippen molar-refractivity contribution in [3.63, 3.8) is 0 Å². The molecule has 1 N–H and O–H groups in total. The first-order chi connectivity index (χ1) is 13.2. The average molecular weight is 404 g/mol. The molecule has 1 amide bonds. The molecule has 0 unspecified atom stereocenters. The van der Waals surface area contributed by atoms with Crippen LogP contribution in [-0.4, -0.2) is 46.9 Å². The van der Waals surface area contributed by atoms with Crippen LogP contribution >= 0.6 is 0 Å². The summed E-state index contributed by atoms with van der Waals surface area (Å²) in [6, 6.07) is 9.93. The molecule has 0 aliphatic carbocycles. The van der Waals surface area contributed by atoms with Crippen molar-refractivity contribution in [3.05, 3.63) is 53.6 Å². The molecule has 7 nitrogen and oxygen atoms in total. The summed E-state index contributed by atoms with van der Waals surface area (Å²) in [6.45, 7) is 1.94. The second kappa shape index (κ2) is 8.90. The van der Waals surface area contributed by atoms with Crippen molar-refractivity contribution in [2.75, 3.05) is 33.6 Å². The lowest BCUT2D eigenvalue weighted by Gasteiger charge is -2.14. The molecule has 0 atom stereocenters. The highest BCUT2D eigenvalue weighted by Crippen LogP contribution is 2.28. The fourth-order valence-corrected chi connectivity index (χ4v) is 3.41. The summed E-state index contributed by atoms with van der Waals surface area (Å²) in [5.41, 5.74) is 2.05. The third-order valence-corrected chi connectivity index (χ3v) is 5.82. The maximum Gasteiger partial charge on any atom is 0.248 e. The van der Waals surface area contributed by atoms with Gasteiger partial charge in [-0.25, -0.2) is 12.7 Å². The van der Waals surface area contributed by atoms with Gasteiger partial charge in [0, 0.05) is 25.7 Å². The molecule has 0 radical (unpaired) electrons. The number of hydrogen-bond donors (Lipinski definition) is 1. The number of sulfonamides is 1. The van der Waals surface area contributed by atoms with Gasteiger partial charge in [0.05, 0.1) is 24.8 Å². The van der Waals surface area contributed by atoms with Crippen molar-refractivity contribution in [2.45, 2.75) is 11.8 Å². The van der Waals surface area contributed by atoms with E-state index in [2.05, 4.69) is 5.32 Å². The number of carbonyl (C=O) groups excluding carboxylic acids is 1. The molecular weight excluding hydrogens is 380 g/mol. The zero-order chi connectivity index (χ0) is 20.9. The van der Waals surface area contributed by atoms with Gasteiger partial charge < -0.3 is 14.8 Å². The fraction of sp³-hybridized carbons (Fsp3) is 0.250. The number of amides is 1. The third-order valence-electron chi connectivity index (χ3n) is 4.01. The number of anilines is 1. The minimum Gasteiger partial charge on any atom is -0.496 e. The van der Waals surface area contributed by atoms with E-state index < -0.39 is 15.9 Å². The van der Waals surface area contributed by atoms with Crippen LogP contribution in [0.4, 0.5) is 5.69 Å². The van der Waals surface area contributed by atoms with E-state index in [1.165, 1.54) is 45.5 Å². The van der Waals surface area contributed by atoms with Crippen LogP contribution in [0.5, 0.6) is 11.5 Å². The van der Waals surface area contributed by atoms with E-state index in [0.29, 0.717) is 11.5 Å². The van der Waals surface area contributed by atoms with Gasteiger partial charge in [-0.1, -0.05) is 11.6 Å². The van der Waals surface area contributed by atoms with Gasteiger partial charge in [-0.2, -0.15) is 0 Å². The molecule has 0 saturated carbocycles. The van der Waals surface area contributed by atoms with E-state index >= 15 is 0 Å². The minimum absolute atomic E-state index is 0.0536. The predicted molar refractivity (Wildman–Crippen MR) is 109 cm³/mol. The molecule has 2 aromatic carbocycles. The quantitative estimate of drug-likeness (QED) is 0.717. The molecule has 0 heterocycles. The molecule has 0 saturated heterocycles. The lowest BCUT2D eigenvalue weighted by atomic mass is 10.1. The number of carbonyl (C=O) groups is 1. The van der Waals surface area contributed by atoms with E-state index in [0.717, 1.165) is 15.4 Å². The summed E-state index contributed by atoms with van der Waals surface area (Å²) in [4.78, 5) is 12.4. The molecule has 0 bridgehead atoms. The number of ether oxygens (including phenoxy) is 2. The lowest BCUT2D eigenvalue weighted by molar-refractivity contribution is -0.111. The van der Waals surface area contributed by atoms with Gasteiger partial charge >= 0.3 is 0 Å². The van der Waals surface area contributed by atoms with Crippen LogP contribution < -0.4 is 14.8 Å². The van der Waals surface area contributed by atoms with Crippen LogP contribution in [0.25, 0.3) is 6.08 Å². The van der Waals surface area contributed by atoms with E-state index in [-0.39, 0.29) is 10.6 Å². The highest BCUT2D eigenvalue weighted by molar-refractivity contribution is 7.89. The SMILES string of the molecule is COc1ccc(C)cc1/C=C/C(=O)Nc1cc(S(=O)(=O)N(C)C)ccc1OC. The highest BCUT2D eigenvalue weighted by atomic mass is 32.2. The first-order valence-electron chi connectivity index (χ1n) is 8.43. The Hall–Kier alpha value is -2.84. The average Bonchev–Trinajstić information content (AvgIpc) is 2.66. The maximum atomic E-state index is 12.4. The van der Waals surface area contributed by atoms with Gasteiger partial charge in [0.25, 0.3) is 0 Å². The smallest absolute Gasteiger partial charge is 0.248 e. The summed E-state index contributed by atoms with van der Waals surface area (Å²) in [5, 5.41) is 2.66. The summed E-state index contributed by atoms with van der Waals surface area (Å²) in [7, 11) is 2.25. The summed E-state index contributed by atoms with van der Waals surface area (Å²) in [5.74, 6) is 0.570. The number of benzene rings is 2. The molecule has 8 heteroatoms. The van der Waals surface area contributed by atoms with Crippen LogP contribution in [0.3, 0.4) is 0 Å². The monoisotopic (exact) mass is 404 g/mol. The summed E-state index contributed by atoms with van der Waals surface area (Å²) in [6.07, 6.45) is 2.98. The van der Waals surface area contributed by atoms with Crippen molar-refractivity contribution in [1.29, 1.82) is 0 Å². The largest absolute Gasteiger partial charge is 0.496 e. The molecule has 0 aliphatic heterocycles. The van der Waals surface area contributed by atoms with Crippen LogP contribution in [0.1, 0.15) is 11.1 Å². The molecule has 0 aromatic heterocycles. The summed E-state index contributed by atoms with van der Waals surface area (Å²) >= 11 is 0. The van der Waals surface area contributed by atoms with E-state index in [1.54, 1.807) is 13.2 Å². The standard InChI is InChI=1S/C20H24N2O5S/c1-14-6-9-18(26-4)15(12-14)7-11-20(23)21-17-13-16(8-10-19(17)27-5)28(24,25)22(2)3/h6-13H,1-5H3,(H,21,23)/b11-7+. The van der Waals surface area contributed by atoms with Crippen molar-refractivity contribution in [1.82, 2.24) is 4.31 Å². The Morgan fingerprint density at radius 1 is 1.04 bits per heavy atom. The topological polar surface area (TPSA) is 84.9 Å². The van der Waals surface area contributed by atoms with Crippen molar-refractivity contribution in [3.8, 4) is 11.5 Å². The van der Waals surface area contributed by atoms with Gasteiger partial charge in [0.2, 0.25) is 15.9 Å². The van der Waals surface area contributed by atoms with Crippen LogP contribution in [0.2, 0.25) is 0 Å². The highest BCUT2D eigenvalue weighted by Gasteiger charge is 2.19. The zero-order valence-corrected chi connectivity index (χ0v) is 17.3. The number of nitrogens with zero attached hydrogens (tertiary/aromatic N) is 1. The third kappa shape index (κ3) is 4.90. The van der Waals surface area contributed by atoms with Crippen LogP contribution in [0, 0.1) is 6.92 Å². The van der Waals surface area contributed by atoms with Crippen molar-refractivity contribution < 1.29 is 22.7 Å². The predicted octanol–water partition coefficient (Wildman–Crippen LogP) is 2.91. The first kappa shape index (κ1) is 21.5. The minimum atomic E-state index is -3.64. The number of rotatable bonds is 7. The normalized spacial score (nSPS) is 11.6. The van der Waals surface area contributed by atoms with Gasteiger partial charge in [-0.05, 0) is 43.3 Å². The van der Waals surface area contributed by atoms with Gasteiger partial charge in [0.1, 0.15) is 11.5 Å². The Balaban J connectivity index is 2.29. The number of hydrogen-bond acceptors (Lipinski definition) is 5. The molecule has 0 fully saturated rings. The Labute approximate surface area is 165 Å². The van der Waals surface area contributed by atoms with E-state index in [9.17, 15) is 13.2 Å². The Morgan fingerprint density at radius 2 is 1.68 bits per heavy atom. The molecule has 2 aromatic rings. The van der Waals surface area contributed by atoms with E-state index in [1.807, 2.05) is 25.1 Å².